The number of halogens is 3. The quantitative estimate of drug-likeness (QED) is 0.0377. The molecule has 58 heavy (non-hydrogen) atoms. The highest BCUT2D eigenvalue weighted by molar-refractivity contribution is 6.32. The molecule has 0 saturated carbocycles. The zero-order chi connectivity index (χ0) is 41.1. The number of aromatic hydroxyl groups is 2. The average Bonchev–Trinajstić information content (AvgIpc) is 3.21. The molecule has 0 aliphatic rings. The van der Waals surface area contributed by atoms with Gasteiger partial charge in [0.15, 0.2) is 23.0 Å². The Morgan fingerprint density at radius 2 is 1.22 bits per heavy atom. The van der Waals surface area contributed by atoms with Gasteiger partial charge in [-0.05, 0) is 76.1 Å². The Balaban J connectivity index is 1.14. The normalized spacial score (nSPS) is 11.4. The lowest BCUT2D eigenvalue weighted by atomic mass is 9.97. The van der Waals surface area contributed by atoms with Gasteiger partial charge in [0.25, 0.3) is 11.6 Å². The number of ketones is 1. The Kier molecular flexibility index (Phi) is 11.2. The molecule has 0 aromatic heterocycles. The minimum Gasteiger partial charge on any atom is -0.505 e. The van der Waals surface area contributed by atoms with Crippen molar-refractivity contribution in [3.8, 4) is 11.5 Å². The van der Waals surface area contributed by atoms with Gasteiger partial charge in [0.2, 0.25) is 0 Å². The molecule has 0 radical (unpaired) electrons. The van der Waals surface area contributed by atoms with Gasteiger partial charge in [-0.25, -0.2) is 0 Å². The number of nitrogens with one attached hydrogen (secondary N) is 1. The fourth-order valence-electron chi connectivity index (χ4n) is 6.05. The minimum atomic E-state index is -0.741. The minimum absolute atomic E-state index is 0.00901. The summed E-state index contributed by atoms with van der Waals surface area (Å²) in [6.07, 6.45) is -0.252. The van der Waals surface area contributed by atoms with Crippen molar-refractivity contribution in [1.82, 2.24) is 0 Å². The van der Waals surface area contributed by atoms with Crippen LogP contribution in [-0.2, 0) is 6.42 Å². The fourth-order valence-corrected chi connectivity index (χ4v) is 6.63. The molecule has 0 aliphatic heterocycles. The number of carbonyl (C=O) groups is 2. The molecule has 0 unspecified atom stereocenters. The van der Waals surface area contributed by atoms with Gasteiger partial charge in [-0.2, -0.15) is 0 Å². The highest BCUT2D eigenvalue weighted by Crippen LogP contribution is 2.43. The number of anilines is 1. The van der Waals surface area contributed by atoms with Crippen LogP contribution in [0.4, 0.5) is 39.8 Å². The molecular formula is C41H24Cl3N7O7. The van der Waals surface area contributed by atoms with Crippen LogP contribution in [0, 0.1) is 15.0 Å². The number of nitroso groups, excluding NO2 is 1. The number of amides is 1. The maximum atomic E-state index is 13.7. The van der Waals surface area contributed by atoms with Crippen LogP contribution in [0.2, 0.25) is 15.1 Å². The summed E-state index contributed by atoms with van der Waals surface area (Å²) < 4.78 is 0. The number of carbonyl (C=O) groups excluding carboxylic acids is 2. The molecule has 286 valence electrons. The van der Waals surface area contributed by atoms with E-state index in [0.717, 1.165) is 6.07 Å². The molecule has 7 aromatic carbocycles. The summed E-state index contributed by atoms with van der Waals surface area (Å²) in [4.78, 5) is 49.6. The summed E-state index contributed by atoms with van der Waals surface area (Å²) in [6, 6.07) is 29.2. The van der Waals surface area contributed by atoms with E-state index in [2.05, 4.69) is 31.0 Å². The number of rotatable bonds is 11. The van der Waals surface area contributed by atoms with Gasteiger partial charge in [-0.1, -0.05) is 89.4 Å². The van der Waals surface area contributed by atoms with Crippen molar-refractivity contribution in [3.05, 3.63) is 162 Å². The third-order valence-corrected chi connectivity index (χ3v) is 9.70. The smallest absolute Gasteiger partial charge is 0.298 e. The molecule has 0 saturated heterocycles. The van der Waals surface area contributed by atoms with Gasteiger partial charge >= 0.3 is 0 Å². The fraction of sp³-hybridized carbons (Fsp3) is 0.0244. The largest absolute Gasteiger partial charge is 0.505 e. The van der Waals surface area contributed by atoms with E-state index in [1.54, 1.807) is 48.5 Å². The first-order valence-corrected chi connectivity index (χ1v) is 18.1. The molecule has 7 aromatic rings. The van der Waals surface area contributed by atoms with Gasteiger partial charge in [0.1, 0.15) is 22.7 Å². The van der Waals surface area contributed by atoms with E-state index in [1.807, 2.05) is 0 Å². The molecule has 0 atom stereocenters. The van der Waals surface area contributed by atoms with Gasteiger partial charge in [-0.15, -0.1) is 25.4 Å². The topological polar surface area (TPSA) is 209 Å². The number of hydrogen-bond acceptors (Lipinski definition) is 12. The van der Waals surface area contributed by atoms with Crippen molar-refractivity contribution in [2.45, 2.75) is 6.42 Å². The second-order valence-corrected chi connectivity index (χ2v) is 13.8. The van der Waals surface area contributed by atoms with E-state index < -0.39 is 33.8 Å². The predicted molar refractivity (Wildman–Crippen MR) is 222 cm³/mol. The summed E-state index contributed by atoms with van der Waals surface area (Å²) in [7, 11) is 0. The van der Waals surface area contributed by atoms with Crippen LogP contribution in [0.3, 0.4) is 0 Å². The van der Waals surface area contributed by atoms with Gasteiger partial charge < -0.3 is 15.5 Å². The number of hydrogen-bond donors (Lipinski definition) is 3. The van der Waals surface area contributed by atoms with Crippen molar-refractivity contribution >= 4 is 108 Å². The second-order valence-electron chi connectivity index (χ2n) is 12.6. The third kappa shape index (κ3) is 8.06. The predicted octanol–water partition coefficient (Wildman–Crippen LogP) is 13.2. The van der Waals surface area contributed by atoms with E-state index in [9.17, 15) is 34.8 Å². The van der Waals surface area contributed by atoms with Crippen LogP contribution in [-0.4, -0.2) is 26.8 Å². The molecule has 17 heteroatoms. The maximum Gasteiger partial charge on any atom is 0.298 e. The zero-order valence-electron chi connectivity index (χ0n) is 29.4. The van der Waals surface area contributed by atoms with Crippen molar-refractivity contribution in [3.63, 3.8) is 0 Å². The van der Waals surface area contributed by atoms with E-state index in [0.29, 0.717) is 27.1 Å². The Morgan fingerprint density at radius 3 is 1.84 bits per heavy atom. The first-order chi connectivity index (χ1) is 27.9. The number of fused-ring (bicyclic) bond motifs is 2. The number of phenols is 2. The van der Waals surface area contributed by atoms with Crippen LogP contribution < -0.4 is 5.32 Å². The van der Waals surface area contributed by atoms with Crippen molar-refractivity contribution in [2.75, 3.05) is 5.32 Å². The molecule has 3 N–H and O–H groups in total. The first kappa shape index (κ1) is 39.1. The summed E-state index contributed by atoms with van der Waals surface area (Å²) in [5.41, 5.74) is -0.242. The second kappa shape index (κ2) is 16.5. The van der Waals surface area contributed by atoms with Gasteiger partial charge in [0.05, 0.1) is 16.1 Å². The lowest BCUT2D eigenvalue weighted by Gasteiger charge is -2.13. The molecular weight excluding hydrogens is 809 g/mol. The molecule has 1 amide bonds. The standard InChI is InChI=1S/C41H24Cl3N7O7/c42-24-10-13-32(34(18-24)50-56)46-48-37-27-7-3-1-5-21(27)15-29(39(37)53)36(52)17-23-9-12-26(20-31(23)44)45-41(55)30-16-22-6-2-4-8-28(22)38(40(30)54)49-47-33-14-11-25(43)19-35(33)51(57)58/h1-16,18-20,53-54H,17H2,(H,45,55). The number of nitrogens with zero attached hydrogens (tertiary/aromatic N) is 6. The van der Waals surface area contributed by atoms with Gasteiger partial charge in [-0.3, -0.25) is 19.7 Å². The summed E-state index contributed by atoms with van der Waals surface area (Å²) >= 11 is 18.5. The molecule has 0 fully saturated rings. The van der Waals surface area contributed by atoms with E-state index in [1.165, 1.54) is 60.7 Å². The Bertz CT molecular complexity index is 2920. The number of nitro benzene ring substituents is 1. The van der Waals surface area contributed by atoms with Crippen LogP contribution in [0.5, 0.6) is 11.5 Å². The van der Waals surface area contributed by atoms with Crippen molar-refractivity contribution in [1.29, 1.82) is 0 Å². The number of azo groups is 2. The Labute approximate surface area is 342 Å². The van der Waals surface area contributed by atoms with E-state index in [4.69, 9.17) is 34.8 Å². The molecule has 0 aliphatic carbocycles. The molecule has 0 bridgehead atoms. The number of Topliss-reactive ketones (excluding diaryl/α,β-unsaturated/α-hetero) is 1. The highest BCUT2D eigenvalue weighted by Gasteiger charge is 2.22. The number of phenolic OH excluding ortho intramolecular Hbond substituents is 2. The van der Waals surface area contributed by atoms with Crippen LogP contribution in [0.25, 0.3) is 21.5 Å². The van der Waals surface area contributed by atoms with Crippen LogP contribution in [0.15, 0.2) is 141 Å². The van der Waals surface area contributed by atoms with Crippen molar-refractivity contribution in [2.24, 2.45) is 25.6 Å². The highest BCUT2D eigenvalue weighted by atomic mass is 35.5. The first-order valence-electron chi connectivity index (χ1n) is 16.9. The lowest BCUT2D eigenvalue weighted by molar-refractivity contribution is -0.384. The summed E-state index contributed by atoms with van der Waals surface area (Å²) in [5.74, 6) is -2.23. The molecule has 7 rings (SSSR count). The monoisotopic (exact) mass is 831 g/mol. The molecule has 0 heterocycles. The van der Waals surface area contributed by atoms with E-state index in [-0.39, 0.29) is 66.7 Å². The lowest BCUT2D eigenvalue weighted by Crippen LogP contribution is -2.12. The zero-order valence-corrected chi connectivity index (χ0v) is 31.7. The number of nitro groups is 1. The molecule has 0 spiro atoms. The number of benzene rings is 7. The summed E-state index contributed by atoms with van der Waals surface area (Å²) in [6.45, 7) is 0. The maximum absolute atomic E-state index is 13.7. The third-order valence-electron chi connectivity index (χ3n) is 8.88. The van der Waals surface area contributed by atoms with Crippen LogP contribution in [0.1, 0.15) is 26.3 Å². The summed E-state index contributed by atoms with van der Waals surface area (Å²) in [5, 5.41) is 58.8. The Hall–Kier alpha value is -7.13. The Morgan fingerprint density at radius 1 is 0.655 bits per heavy atom. The van der Waals surface area contributed by atoms with E-state index >= 15 is 0 Å². The van der Waals surface area contributed by atoms with Gasteiger partial charge in [0, 0.05) is 44.0 Å². The SMILES string of the molecule is O=Nc1cc(Cl)ccc1N=Nc1c(O)c(C(=O)Cc2ccc(NC(=O)c3cc4ccccc4c(N=Nc4ccc(Cl)cc4[N+](=O)[O-])c3O)cc2Cl)cc2ccccc12. The molecule has 14 nitrogen and oxygen atoms in total. The van der Waals surface area contributed by atoms with Crippen molar-refractivity contribution < 1.29 is 24.7 Å². The van der Waals surface area contributed by atoms with Crippen LogP contribution >= 0.6 is 34.8 Å². The average molecular weight is 833 g/mol.